The first kappa shape index (κ1) is 34.5. The van der Waals surface area contributed by atoms with Crippen LogP contribution in [0.5, 0.6) is 0 Å². The van der Waals surface area contributed by atoms with Gasteiger partial charge in [-0.3, -0.25) is 23.9 Å². The van der Waals surface area contributed by atoms with Gasteiger partial charge in [0.25, 0.3) is 5.91 Å². The van der Waals surface area contributed by atoms with Gasteiger partial charge in [-0.15, -0.1) is 0 Å². The van der Waals surface area contributed by atoms with Crippen molar-refractivity contribution in [3.8, 4) is 0 Å². The molecule has 47 heavy (non-hydrogen) atoms. The first-order valence-electron chi connectivity index (χ1n) is 17.3. The molecule has 1 aliphatic heterocycles. The van der Waals surface area contributed by atoms with E-state index in [0.29, 0.717) is 43.2 Å². The van der Waals surface area contributed by atoms with Crippen LogP contribution in [0.4, 0.5) is 10.1 Å². The van der Waals surface area contributed by atoms with Crippen molar-refractivity contribution in [1.29, 1.82) is 0 Å². The summed E-state index contributed by atoms with van der Waals surface area (Å²) in [6, 6.07) is 4.47. The second-order valence-electron chi connectivity index (χ2n) is 13.6. The van der Waals surface area contributed by atoms with Crippen molar-refractivity contribution in [3.05, 3.63) is 47.5 Å². The maximum absolute atomic E-state index is 15.7. The van der Waals surface area contributed by atoms with Crippen molar-refractivity contribution in [3.63, 3.8) is 0 Å². The molecule has 2 heterocycles. The molecule has 1 aromatic carbocycles. The summed E-state index contributed by atoms with van der Waals surface area (Å²) in [7, 11) is 2.01. The highest BCUT2D eigenvalue weighted by atomic mass is 19.1. The topological polar surface area (TPSA) is 129 Å². The Morgan fingerprint density at radius 2 is 1.66 bits per heavy atom. The molecule has 3 aliphatic rings. The van der Waals surface area contributed by atoms with Crippen LogP contribution in [0.25, 0.3) is 0 Å². The number of nitrogens with one attached hydrogen (secondary N) is 3. The Labute approximate surface area is 277 Å². The number of halogens is 1. The summed E-state index contributed by atoms with van der Waals surface area (Å²) in [5.41, 5.74) is 0.909. The zero-order valence-electron chi connectivity index (χ0n) is 28.0. The van der Waals surface area contributed by atoms with Gasteiger partial charge in [-0.2, -0.15) is 5.10 Å². The average Bonchev–Trinajstić information content (AvgIpc) is 3.81. The van der Waals surface area contributed by atoms with Crippen molar-refractivity contribution in [1.82, 2.24) is 30.2 Å². The van der Waals surface area contributed by atoms with Crippen LogP contribution < -0.4 is 16.0 Å². The van der Waals surface area contributed by atoms with Gasteiger partial charge in [0.05, 0.1) is 5.69 Å². The minimum atomic E-state index is -0.842. The molecule has 3 N–H and O–H groups in total. The Kier molecular flexibility index (Phi) is 11.7. The maximum atomic E-state index is 15.7. The normalized spacial score (nSPS) is 19.7. The van der Waals surface area contributed by atoms with Crippen LogP contribution in [0.1, 0.15) is 93.6 Å². The Balaban J connectivity index is 1.32. The molecule has 0 spiro atoms. The SMILES string of the molecule is CCn1nccc1C(=O)N[C@H](C(=O)Nc1ccc([C@H](C)[C@@H](NC(=O)CC2CC2)C(=O)N2CCN(C)CC2)cc1F)C1CCCCCC1. The molecule has 11 nitrogen and oxygen atoms in total. The van der Waals surface area contributed by atoms with Gasteiger partial charge in [-0.25, -0.2) is 4.39 Å². The molecule has 5 rings (SSSR count). The van der Waals surface area contributed by atoms with Gasteiger partial charge in [-0.1, -0.05) is 38.7 Å². The predicted octanol–water partition coefficient (Wildman–Crippen LogP) is 3.91. The molecule has 3 fully saturated rings. The Morgan fingerprint density at radius 3 is 2.30 bits per heavy atom. The number of rotatable bonds is 12. The quantitative estimate of drug-likeness (QED) is 0.299. The summed E-state index contributed by atoms with van der Waals surface area (Å²) in [6.07, 6.45) is 9.65. The highest BCUT2D eigenvalue weighted by Gasteiger charge is 2.35. The first-order chi connectivity index (χ1) is 22.6. The molecule has 0 radical (unpaired) electrons. The number of aromatic nitrogens is 2. The lowest BCUT2D eigenvalue weighted by molar-refractivity contribution is -0.138. The van der Waals surface area contributed by atoms with Gasteiger partial charge in [0.2, 0.25) is 17.7 Å². The van der Waals surface area contributed by atoms with Crippen molar-refractivity contribution in [2.24, 2.45) is 11.8 Å². The molecule has 1 aromatic heterocycles. The van der Waals surface area contributed by atoms with Crippen LogP contribution in [0.15, 0.2) is 30.5 Å². The standard InChI is InChI=1S/C35H50FN7O4/c1-4-43-29(15-16-37-43)33(45)40-32(25-9-7-5-6-8-10-25)34(46)38-28-14-13-26(22-27(28)36)23(2)31(39-30(44)21-24-11-12-24)35(47)42-19-17-41(3)18-20-42/h13-16,22-25,31-32H,4-12,17-21H2,1-3H3,(H,38,46)(H,39,44)(H,40,45)/t23-,31+,32-/m0/s1. The van der Waals surface area contributed by atoms with E-state index in [-0.39, 0.29) is 23.4 Å². The van der Waals surface area contributed by atoms with Crippen molar-refractivity contribution < 1.29 is 23.6 Å². The van der Waals surface area contributed by atoms with E-state index in [1.54, 1.807) is 27.9 Å². The zero-order chi connectivity index (χ0) is 33.5. The van der Waals surface area contributed by atoms with E-state index in [0.717, 1.165) is 64.5 Å². The molecule has 2 saturated carbocycles. The highest BCUT2D eigenvalue weighted by Crippen LogP contribution is 2.33. The van der Waals surface area contributed by atoms with Crippen LogP contribution in [0, 0.1) is 17.7 Å². The zero-order valence-corrected chi connectivity index (χ0v) is 28.0. The third-order valence-corrected chi connectivity index (χ3v) is 10.0. The summed E-state index contributed by atoms with van der Waals surface area (Å²) in [5, 5.41) is 12.8. The van der Waals surface area contributed by atoms with Gasteiger partial charge in [0.15, 0.2) is 0 Å². The fourth-order valence-electron chi connectivity index (χ4n) is 6.79. The number of hydrogen-bond donors (Lipinski definition) is 3. The summed E-state index contributed by atoms with van der Waals surface area (Å²) in [6.45, 7) is 6.84. The minimum absolute atomic E-state index is 0.00265. The molecular weight excluding hydrogens is 601 g/mol. The Bertz CT molecular complexity index is 1410. The van der Waals surface area contributed by atoms with Crippen LogP contribution in [-0.2, 0) is 20.9 Å². The molecule has 4 amide bonds. The second kappa shape index (κ2) is 15.9. The summed E-state index contributed by atoms with van der Waals surface area (Å²) < 4.78 is 17.3. The van der Waals surface area contributed by atoms with Crippen molar-refractivity contribution in [2.45, 2.75) is 96.2 Å². The molecule has 256 valence electrons. The van der Waals surface area contributed by atoms with E-state index in [9.17, 15) is 19.2 Å². The molecule has 3 atom stereocenters. The summed E-state index contributed by atoms with van der Waals surface area (Å²) in [5.74, 6) is -2.06. The number of likely N-dealkylation sites (N-methyl/N-ethyl adjacent to an activating group) is 1. The average molecular weight is 652 g/mol. The largest absolute Gasteiger partial charge is 0.344 e. The van der Waals surface area contributed by atoms with E-state index < -0.39 is 35.6 Å². The third kappa shape index (κ3) is 8.97. The summed E-state index contributed by atoms with van der Waals surface area (Å²) in [4.78, 5) is 57.5. The molecular formula is C35H50FN7O4. The smallest absolute Gasteiger partial charge is 0.270 e. The fraction of sp³-hybridized carbons (Fsp3) is 0.629. The molecule has 0 unspecified atom stereocenters. The number of nitrogens with zero attached hydrogens (tertiary/aromatic N) is 4. The van der Waals surface area contributed by atoms with Crippen LogP contribution in [-0.4, -0.2) is 88.5 Å². The molecule has 12 heteroatoms. The number of piperazine rings is 1. The van der Waals surface area contributed by atoms with Gasteiger partial charge < -0.3 is 25.8 Å². The van der Waals surface area contributed by atoms with Gasteiger partial charge >= 0.3 is 0 Å². The van der Waals surface area contributed by atoms with Crippen molar-refractivity contribution in [2.75, 3.05) is 38.5 Å². The van der Waals surface area contributed by atoms with Crippen LogP contribution >= 0.6 is 0 Å². The van der Waals surface area contributed by atoms with E-state index in [1.807, 2.05) is 20.9 Å². The van der Waals surface area contributed by atoms with Gasteiger partial charge in [0.1, 0.15) is 23.6 Å². The molecule has 0 bridgehead atoms. The number of carbonyl (C=O) groups is 4. The van der Waals surface area contributed by atoms with E-state index in [4.69, 9.17) is 0 Å². The van der Waals surface area contributed by atoms with Gasteiger partial charge in [0, 0.05) is 51.3 Å². The number of aryl methyl sites for hydroxylation is 1. The first-order valence-corrected chi connectivity index (χ1v) is 17.3. The Morgan fingerprint density at radius 1 is 0.957 bits per heavy atom. The lowest BCUT2D eigenvalue weighted by Crippen LogP contribution is -2.55. The monoisotopic (exact) mass is 651 g/mol. The lowest BCUT2D eigenvalue weighted by Gasteiger charge is -2.36. The molecule has 2 aromatic rings. The lowest BCUT2D eigenvalue weighted by atomic mass is 9.90. The van der Waals surface area contributed by atoms with Crippen LogP contribution in [0.2, 0.25) is 0 Å². The number of anilines is 1. The Hall–Kier alpha value is -3.80. The molecule has 2 aliphatic carbocycles. The number of amides is 4. The number of benzene rings is 1. The van der Waals surface area contributed by atoms with E-state index in [2.05, 4.69) is 25.9 Å². The van der Waals surface area contributed by atoms with E-state index >= 15 is 4.39 Å². The maximum Gasteiger partial charge on any atom is 0.270 e. The number of hydrogen-bond acceptors (Lipinski definition) is 6. The minimum Gasteiger partial charge on any atom is -0.344 e. The summed E-state index contributed by atoms with van der Waals surface area (Å²) >= 11 is 0. The van der Waals surface area contributed by atoms with E-state index in [1.165, 1.54) is 12.1 Å². The van der Waals surface area contributed by atoms with Crippen LogP contribution in [0.3, 0.4) is 0 Å². The second-order valence-corrected chi connectivity index (χ2v) is 13.6. The van der Waals surface area contributed by atoms with Gasteiger partial charge in [-0.05, 0) is 75.3 Å². The number of carbonyl (C=O) groups excluding carboxylic acids is 4. The molecule has 1 saturated heterocycles. The highest BCUT2D eigenvalue weighted by molar-refractivity contribution is 6.00. The fourth-order valence-corrected chi connectivity index (χ4v) is 6.79. The third-order valence-electron chi connectivity index (χ3n) is 10.0. The predicted molar refractivity (Wildman–Crippen MR) is 177 cm³/mol. The van der Waals surface area contributed by atoms with Crippen molar-refractivity contribution >= 4 is 29.3 Å².